The quantitative estimate of drug-likeness (QED) is 0.900. The summed E-state index contributed by atoms with van der Waals surface area (Å²) in [5.41, 5.74) is 1.41. The fourth-order valence-corrected chi connectivity index (χ4v) is 2.01. The van der Waals surface area contributed by atoms with Crippen LogP contribution >= 0.6 is 0 Å². The number of carbonyl (C=O) groups excluding carboxylic acids is 1. The van der Waals surface area contributed by atoms with E-state index in [0.717, 1.165) is 31.6 Å². The third-order valence-corrected chi connectivity index (χ3v) is 3.08. The molecular formula is C14H18N2O3. The predicted octanol–water partition coefficient (Wildman–Crippen LogP) is 1.67. The van der Waals surface area contributed by atoms with E-state index < -0.39 is 0 Å². The van der Waals surface area contributed by atoms with Crippen molar-refractivity contribution in [2.45, 2.75) is 12.8 Å². The summed E-state index contributed by atoms with van der Waals surface area (Å²) in [4.78, 5) is 16.4. The van der Waals surface area contributed by atoms with E-state index in [0.29, 0.717) is 17.1 Å². The van der Waals surface area contributed by atoms with E-state index >= 15 is 0 Å². The monoisotopic (exact) mass is 262 g/mol. The first kappa shape index (κ1) is 13.5. The van der Waals surface area contributed by atoms with Gasteiger partial charge in [0.1, 0.15) is 11.5 Å². The standard InChI is InChI=1S/C14H18N2O3/c1-18-11-3-4-12(13(9-11)19-2)14(17)16-10-5-7-15-8-6-10/h3-4,9,15H,5-8H2,1-2H3. The zero-order valence-corrected chi connectivity index (χ0v) is 11.2. The van der Waals surface area contributed by atoms with E-state index in [1.54, 1.807) is 25.3 Å². The fraction of sp³-hybridized carbons (Fsp3) is 0.429. The molecule has 5 heteroatoms. The van der Waals surface area contributed by atoms with Crippen molar-refractivity contribution in [2.75, 3.05) is 27.3 Å². The largest absolute Gasteiger partial charge is 0.497 e. The number of hydrogen-bond acceptors (Lipinski definition) is 4. The van der Waals surface area contributed by atoms with Crippen molar-refractivity contribution in [1.82, 2.24) is 5.32 Å². The van der Waals surface area contributed by atoms with Crippen LogP contribution in [0, 0.1) is 0 Å². The lowest BCUT2D eigenvalue weighted by Gasteiger charge is -2.14. The number of nitrogens with zero attached hydrogens (tertiary/aromatic N) is 1. The first-order valence-electron chi connectivity index (χ1n) is 6.28. The molecule has 1 aromatic rings. The number of aliphatic imine (C=N–C) groups is 1. The smallest absolute Gasteiger partial charge is 0.280 e. The highest BCUT2D eigenvalue weighted by molar-refractivity contribution is 6.05. The Morgan fingerprint density at radius 2 is 1.95 bits per heavy atom. The molecule has 0 atom stereocenters. The summed E-state index contributed by atoms with van der Waals surface area (Å²) in [6, 6.07) is 5.11. The second kappa shape index (κ2) is 6.33. The molecular weight excluding hydrogens is 244 g/mol. The van der Waals surface area contributed by atoms with E-state index in [4.69, 9.17) is 9.47 Å². The zero-order valence-electron chi connectivity index (χ0n) is 11.2. The van der Waals surface area contributed by atoms with Crippen LogP contribution in [-0.2, 0) is 0 Å². The van der Waals surface area contributed by atoms with Gasteiger partial charge >= 0.3 is 0 Å². The van der Waals surface area contributed by atoms with Crippen LogP contribution in [0.5, 0.6) is 11.5 Å². The van der Waals surface area contributed by atoms with Crippen molar-refractivity contribution in [3.63, 3.8) is 0 Å². The third kappa shape index (κ3) is 3.32. The number of piperidine rings is 1. The molecule has 1 aliphatic rings. The molecule has 0 bridgehead atoms. The summed E-state index contributed by atoms with van der Waals surface area (Å²) < 4.78 is 10.3. The molecule has 0 radical (unpaired) electrons. The topological polar surface area (TPSA) is 59.9 Å². The summed E-state index contributed by atoms with van der Waals surface area (Å²) in [7, 11) is 3.11. The molecule has 1 N–H and O–H groups in total. The van der Waals surface area contributed by atoms with E-state index in [1.165, 1.54) is 7.11 Å². The molecule has 5 nitrogen and oxygen atoms in total. The molecule has 1 aromatic carbocycles. The SMILES string of the molecule is COc1ccc(C(=O)N=C2CCNCC2)c(OC)c1. The highest BCUT2D eigenvalue weighted by atomic mass is 16.5. The Kier molecular flexibility index (Phi) is 4.52. The van der Waals surface area contributed by atoms with Gasteiger partial charge in [-0.3, -0.25) is 4.79 Å². The van der Waals surface area contributed by atoms with Crippen LogP contribution in [-0.4, -0.2) is 38.9 Å². The van der Waals surface area contributed by atoms with Crippen molar-refractivity contribution >= 4 is 11.6 Å². The molecule has 0 aliphatic carbocycles. The van der Waals surface area contributed by atoms with Gasteiger partial charge in [-0.25, -0.2) is 4.99 Å². The van der Waals surface area contributed by atoms with E-state index in [2.05, 4.69) is 10.3 Å². The Morgan fingerprint density at radius 1 is 1.21 bits per heavy atom. The Bertz CT molecular complexity index is 489. The maximum Gasteiger partial charge on any atom is 0.280 e. The highest BCUT2D eigenvalue weighted by Gasteiger charge is 2.14. The van der Waals surface area contributed by atoms with Crippen LogP contribution < -0.4 is 14.8 Å². The summed E-state index contributed by atoms with van der Waals surface area (Å²) >= 11 is 0. The number of amides is 1. The molecule has 1 heterocycles. The number of carbonyl (C=O) groups is 1. The molecule has 102 valence electrons. The first-order chi connectivity index (χ1) is 9.24. The number of methoxy groups -OCH3 is 2. The van der Waals surface area contributed by atoms with Gasteiger partial charge in [-0.05, 0) is 25.0 Å². The van der Waals surface area contributed by atoms with Crippen molar-refractivity contribution in [2.24, 2.45) is 4.99 Å². The molecule has 1 aliphatic heterocycles. The molecule has 1 amide bonds. The average molecular weight is 262 g/mol. The van der Waals surface area contributed by atoms with Gasteiger partial charge in [0.15, 0.2) is 0 Å². The van der Waals surface area contributed by atoms with E-state index in [9.17, 15) is 4.79 Å². The Morgan fingerprint density at radius 3 is 2.58 bits per heavy atom. The van der Waals surface area contributed by atoms with Gasteiger partial charge in [-0.2, -0.15) is 0 Å². The minimum Gasteiger partial charge on any atom is -0.497 e. The second-order valence-corrected chi connectivity index (χ2v) is 4.30. The number of nitrogens with one attached hydrogen (secondary N) is 1. The lowest BCUT2D eigenvalue weighted by atomic mass is 10.1. The first-order valence-corrected chi connectivity index (χ1v) is 6.28. The van der Waals surface area contributed by atoms with Gasteiger partial charge in [0.2, 0.25) is 0 Å². The van der Waals surface area contributed by atoms with Crippen molar-refractivity contribution in [1.29, 1.82) is 0 Å². The van der Waals surface area contributed by atoms with Gasteiger partial charge in [0.05, 0.1) is 19.8 Å². The molecule has 0 aromatic heterocycles. The number of hydrogen-bond donors (Lipinski definition) is 1. The maximum atomic E-state index is 12.2. The van der Waals surface area contributed by atoms with Crippen molar-refractivity contribution in [3.05, 3.63) is 23.8 Å². The highest BCUT2D eigenvalue weighted by Crippen LogP contribution is 2.25. The van der Waals surface area contributed by atoms with Crippen molar-refractivity contribution in [3.8, 4) is 11.5 Å². The van der Waals surface area contributed by atoms with Gasteiger partial charge in [0.25, 0.3) is 5.91 Å². The lowest BCUT2D eigenvalue weighted by Crippen LogP contribution is -2.28. The predicted molar refractivity (Wildman–Crippen MR) is 73.4 cm³/mol. The molecule has 1 saturated heterocycles. The second-order valence-electron chi connectivity index (χ2n) is 4.30. The molecule has 19 heavy (non-hydrogen) atoms. The van der Waals surface area contributed by atoms with Crippen LogP contribution in [0.1, 0.15) is 23.2 Å². The molecule has 0 saturated carbocycles. The van der Waals surface area contributed by atoms with Gasteiger partial charge in [-0.15, -0.1) is 0 Å². The third-order valence-electron chi connectivity index (χ3n) is 3.08. The molecule has 0 unspecified atom stereocenters. The van der Waals surface area contributed by atoms with Crippen LogP contribution in [0.4, 0.5) is 0 Å². The molecule has 0 spiro atoms. The number of ether oxygens (including phenoxy) is 2. The van der Waals surface area contributed by atoms with E-state index in [1.807, 2.05) is 0 Å². The van der Waals surface area contributed by atoms with Gasteiger partial charge in [-0.1, -0.05) is 0 Å². The summed E-state index contributed by atoms with van der Waals surface area (Å²) in [6.07, 6.45) is 1.65. The van der Waals surface area contributed by atoms with Crippen molar-refractivity contribution < 1.29 is 14.3 Å². The maximum absolute atomic E-state index is 12.2. The summed E-state index contributed by atoms with van der Waals surface area (Å²) in [6.45, 7) is 1.76. The molecule has 1 fully saturated rings. The van der Waals surface area contributed by atoms with E-state index in [-0.39, 0.29) is 5.91 Å². The van der Waals surface area contributed by atoms with Crippen LogP contribution in [0.3, 0.4) is 0 Å². The van der Waals surface area contributed by atoms with Crippen LogP contribution in [0.25, 0.3) is 0 Å². The summed E-state index contributed by atoms with van der Waals surface area (Å²) in [5.74, 6) is 0.891. The van der Waals surface area contributed by atoms with Crippen LogP contribution in [0.15, 0.2) is 23.2 Å². The normalized spacial score (nSPS) is 14.9. The van der Waals surface area contributed by atoms with Gasteiger partial charge in [0, 0.05) is 24.9 Å². The number of benzene rings is 1. The minimum atomic E-state index is -0.253. The Labute approximate surface area is 112 Å². The fourth-order valence-electron chi connectivity index (χ4n) is 2.01. The minimum absolute atomic E-state index is 0.253. The summed E-state index contributed by atoms with van der Waals surface area (Å²) in [5, 5.41) is 3.23. The van der Waals surface area contributed by atoms with Gasteiger partial charge < -0.3 is 14.8 Å². The lowest BCUT2D eigenvalue weighted by molar-refractivity contribution is 0.0999. The number of rotatable bonds is 3. The average Bonchev–Trinajstić information content (AvgIpc) is 2.47. The zero-order chi connectivity index (χ0) is 13.7. The molecule has 2 rings (SSSR count). The Balaban J connectivity index is 2.22. The van der Waals surface area contributed by atoms with Crippen LogP contribution in [0.2, 0.25) is 0 Å². The Hall–Kier alpha value is -1.88.